The van der Waals surface area contributed by atoms with E-state index in [1.807, 2.05) is 23.1 Å². The molecule has 1 unspecified atom stereocenters. The maximum atomic E-state index is 13.8. The predicted octanol–water partition coefficient (Wildman–Crippen LogP) is 1.44. The monoisotopic (exact) mass is 421 g/mol. The Morgan fingerprint density at radius 2 is 2.06 bits per heavy atom. The molecular weight excluding hydrogens is 390 g/mol. The van der Waals surface area contributed by atoms with Gasteiger partial charge in [0.15, 0.2) is 0 Å². The van der Waals surface area contributed by atoms with Gasteiger partial charge in [0.05, 0.1) is 0 Å². The zero-order valence-electron chi connectivity index (χ0n) is 18.4. The molecule has 3 saturated heterocycles. The van der Waals surface area contributed by atoms with Crippen molar-refractivity contribution in [1.82, 2.24) is 20.9 Å². The summed E-state index contributed by atoms with van der Waals surface area (Å²) in [6.07, 6.45) is 4.19. The van der Waals surface area contributed by atoms with Gasteiger partial charge in [0, 0.05) is 36.9 Å². The molecule has 7 heteroatoms. The van der Waals surface area contributed by atoms with Crippen LogP contribution in [0, 0.1) is 5.41 Å². The van der Waals surface area contributed by atoms with E-state index >= 15 is 0 Å². The minimum atomic E-state index is -0.494. The van der Waals surface area contributed by atoms with E-state index in [-0.39, 0.29) is 29.4 Å². The first kappa shape index (κ1) is 20.3. The van der Waals surface area contributed by atoms with E-state index < -0.39 is 11.5 Å². The van der Waals surface area contributed by atoms with Gasteiger partial charge in [-0.05, 0) is 36.5 Å². The summed E-state index contributed by atoms with van der Waals surface area (Å²) < 4.78 is 0. The third-order valence-corrected chi connectivity index (χ3v) is 7.79. The number of benzene rings is 1. The molecule has 0 aromatic heterocycles. The van der Waals surface area contributed by atoms with Crippen molar-refractivity contribution in [3.8, 4) is 0 Å². The largest absolute Gasteiger partial charge is 0.350 e. The highest BCUT2D eigenvalue weighted by atomic mass is 16.2. The normalized spacial score (nSPS) is 33.4. The first-order valence-electron chi connectivity index (χ1n) is 11.1. The van der Waals surface area contributed by atoms with Crippen molar-refractivity contribution in [1.29, 1.82) is 0 Å². The molecule has 1 aromatic carbocycles. The van der Waals surface area contributed by atoms with Gasteiger partial charge in [-0.2, -0.15) is 0 Å². The number of rotatable bonds is 4. The molecule has 5 rings (SSSR count). The number of nitrogens with one attached hydrogen (secondary N) is 3. The van der Waals surface area contributed by atoms with Crippen LogP contribution in [0.5, 0.6) is 0 Å². The number of para-hydroxylation sites is 1. The van der Waals surface area contributed by atoms with Crippen LogP contribution < -0.4 is 20.9 Å². The van der Waals surface area contributed by atoms with Gasteiger partial charge in [-0.15, -0.1) is 6.58 Å². The highest BCUT2D eigenvalue weighted by molar-refractivity contribution is 6.06. The number of fused-ring (bicyclic) bond motifs is 5. The first-order valence-corrected chi connectivity index (χ1v) is 11.1. The Kier molecular flexibility index (Phi) is 4.53. The fourth-order valence-electron chi connectivity index (χ4n) is 6.10. The quantitative estimate of drug-likeness (QED) is 0.507. The maximum absolute atomic E-state index is 13.8. The van der Waals surface area contributed by atoms with Gasteiger partial charge in [0.1, 0.15) is 17.9 Å². The van der Waals surface area contributed by atoms with E-state index in [1.165, 1.54) is 5.56 Å². The lowest BCUT2D eigenvalue weighted by Crippen LogP contribution is -2.62. The average molecular weight is 422 g/mol. The van der Waals surface area contributed by atoms with Gasteiger partial charge >= 0.3 is 0 Å². The van der Waals surface area contributed by atoms with Gasteiger partial charge in [0.25, 0.3) is 5.91 Å². The molecule has 3 N–H and O–H groups in total. The van der Waals surface area contributed by atoms with Crippen molar-refractivity contribution in [2.45, 2.75) is 50.9 Å². The van der Waals surface area contributed by atoms with E-state index in [4.69, 9.17) is 0 Å². The zero-order valence-corrected chi connectivity index (χ0v) is 18.4. The molecule has 1 aromatic rings. The number of amides is 2. The first-order chi connectivity index (χ1) is 14.9. The van der Waals surface area contributed by atoms with Gasteiger partial charge < -0.3 is 20.4 Å². The zero-order chi connectivity index (χ0) is 22.0. The third-order valence-electron chi connectivity index (χ3n) is 7.79. The lowest BCUT2D eigenvalue weighted by molar-refractivity contribution is -0.142. The number of piperazine rings is 1. The van der Waals surface area contributed by atoms with E-state index in [1.54, 1.807) is 0 Å². The highest BCUT2D eigenvalue weighted by Gasteiger charge is 2.68. The van der Waals surface area contributed by atoms with Crippen LogP contribution in [0.3, 0.4) is 0 Å². The molecule has 0 bridgehead atoms. The van der Waals surface area contributed by atoms with Crippen LogP contribution in [0.1, 0.15) is 32.8 Å². The van der Waals surface area contributed by atoms with Crippen molar-refractivity contribution in [3.63, 3.8) is 0 Å². The summed E-state index contributed by atoms with van der Waals surface area (Å²) in [7, 11) is 0. The maximum Gasteiger partial charge on any atom is 0.272 e. The topological polar surface area (TPSA) is 76.7 Å². The summed E-state index contributed by atoms with van der Waals surface area (Å²) in [5, 5.41) is 9.42. The van der Waals surface area contributed by atoms with Gasteiger partial charge in [-0.1, -0.05) is 38.1 Å². The van der Waals surface area contributed by atoms with Crippen LogP contribution in [0.15, 0.2) is 48.7 Å². The van der Waals surface area contributed by atoms with Gasteiger partial charge in [-0.25, -0.2) is 0 Å². The summed E-state index contributed by atoms with van der Waals surface area (Å²) in [5.41, 5.74) is 1.99. The smallest absolute Gasteiger partial charge is 0.272 e. The molecule has 0 aliphatic carbocycles. The fraction of sp³-hybridized carbons (Fsp3) is 0.500. The second-order valence-corrected chi connectivity index (χ2v) is 9.52. The molecule has 0 radical (unpaired) electrons. The summed E-state index contributed by atoms with van der Waals surface area (Å²) >= 11 is 0. The molecule has 4 aliphatic heterocycles. The van der Waals surface area contributed by atoms with Crippen LogP contribution in [0.2, 0.25) is 0 Å². The Hall–Kier alpha value is -2.64. The molecule has 4 aliphatic rings. The Balaban J connectivity index is 1.67. The lowest BCUT2D eigenvalue weighted by Gasteiger charge is -2.46. The predicted molar refractivity (Wildman–Crippen MR) is 120 cm³/mol. The van der Waals surface area contributed by atoms with E-state index in [9.17, 15) is 9.59 Å². The number of carbonyl (C=O) groups is 2. The van der Waals surface area contributed by atoms with Crippen molar-refractivity contribution in [2.24, 2.45) is 5.41 Å². The summed E-state index contributed by atoms with van der Waals surface area (Å²) in [4.78, 5) is 31.2. The molecule has 31 heavy (non-hydrogen) atoms. The Morgan fingerprint density at radius 1 is 1.29 bits per heavy atom. The molecule has 2 amide bonds. The molecular formula is C24H31N5O2. The molecule has 7 nitrogen and oxygen atoms in total. The van der Waals surface area contributed by atoms with Crippen LogP contribution in [-0.4, -0.2) is 54.7 Å². The highest BCUT2D eigenvalue weighted by Crippen LogP contribution is 2.62. The number of carbonyl (C=O) groups excluding carboxylic acids is 2. The number of hydrogen-bond donors (Lipinski definition) is 3. The third kappa shape index (κ3) is 2.59. The Labute approximate surface area is 183 Å². The SMILES string of the molecule is C=CC(C)(C)[C@@]12C[C@H]3C(=O)N/C(=C/C4CNCN4)C(=O)N3[C@@H]1N(CC)c1ccccc12. The second-order valence-electron chi connectivity index (χ2n) is 9.52. The van der Waals surface area contributed by atoms with E-state index in [0.717, 1.165) is 18.8 Å². The lowest BCUT2D eigenvalue weighted by atomic mass is 9.60. The fourth-order valence-corrected chi connectivity index (χ4v) is 6.10. The summed E-state index contributed by atoms with van der Waals surface area (Å²) in [6, 6.07) is 7.92. The number of hydrogen-bond acceptors (Lipinski definition) is 5. The number of allylic oxidation sites excluding steroid dienone is 1. The minimum absolute atomic E-state index is 0.0239. The van der Waals surface area contributed by atoms with Crippen LogP contribution >= 0.6 is 0 Å². The average Bonchev–Trinajstić information content (AvgIpc) is 3.45. The standard InChI is InChI=1S/C24H31N5O2/c1-5-23(3,4)24-12-19-20(30)27-17(11-15-13-25-14-26-15)21(31)29(19)22(24)28(6-2)18-10-8-7-9-16(18)24/h5,7-11,15,19,22,25-26H,1,6,12-14H2,2-4H3,(H,27,30)/b17-11+/t15?,19-,22-,24+/m0/s1. The number of anilines is 1. The second kappa shape index (κ2) is 6.93. The molecule has 4 atom stereocenters. The molecule has 164 valence electrons. The van der Waals surface area contributed by atoms with Crippen molar-refractivity contribution < 1.29 is 9.59 Å². The molecule has 0 saturated carbocycles. The van der Waals surface area contributed by atoms with Crippen molar-refractivity contribution in [2.75, 3.05) is 24.7 Å². The van der Waals surface area contributed by atoms with Crippen molar-refractivity contribution >= 4 is 17.5 Å². The number of likely N-dealkylation sites (N-methyl/N-ethyl adjacent to an activating group) is 1. The van der Waals surface area contributed by atoms with Gasteiger partial charge in [0.2, 0.25) is 5.91 Å². The van der Waals surface area contributed by atoms with E-state index in [0.29, 0.717) is 18.8 Å². The molecule has 3 fully saturated rings. The number of nitrogens with zero attached hydrogens (tertiary/aromatic N) is 2. The summed E-state index contributed by atoms with van der Waals surface area (Å²) in [6.45, 7) is 12.8. The Bertz CT molecular complexity index is 980. The van der Waals surface area contributed by atoms with Crippen LogP contribution in [0.4, 0.5) is 5.69 Å². The minimum Gasteiger partial charge on any atom is -0.350 e. The molecule has 0 spiro atoms. The summed E-state index contributed by atoms with van der Waals surface area (Å²) in [5.74, 6) is -0.199. The van der Waals surface area contributed by atoms with Gasteiger partial charge in [-0.3, -0.25) is 14.9 Å². The molecule has 4 heterocycles. The van der Waals surface area contributed by atoms with Crippen LogP contribution in [0.25, 0.3) is 0 Å². The van der Waals surface area contributed by atoms with E-state index in [2.05, 4.69) is 66.4 Å². The Morgan fingerprint density at radius 3 is 2.74 bits per heavy atom. The van der Waals surface area contributed by atoms with Crippen molar-refractivity contribution in [3.05, 3.63) is 54.3 Å². The van der Waals surface area contributed by atoms with Crippen LogP contribution in [-0.2, 0) is 15.0 Å².